The Bertz CT molecular complexity index is 474. The molecular weight excluding hydrogens is 256 g/mol. The van der Waals surface area contributed by atoms with E-state index in [1.54, 1.807) is 23.3 Å². The molecule has 2 rings (SSSR count). The molecule has 2 aromatic rings. The molecule has 2 aromatic heterocycles. The molecule has 0 bridgehead atoms. The summed E-state index contributed by atoms with van der Waals surface area (Å²) in [4.78, 5) is 12.1. The van der Waals surface area contributed by atoms with Crippen molar-refractivity contribution in [1.29, 1.82) is 0 Å². The van der Waals surface area contributed by atoms with Gasteiger partial charge >= 0.3 is 0 Å². The fourth-order valence-electron chi connectivity index (χ4n) is 1.49. The van der Waals surface area contributed by atoms with Crippen LogP contribution in [0.5, 0.6) is 0 Å². The number of aliphatic hydroxyl groups is 2. The number of rotatable bonds is 5. The fourth-order valence-corrected chi connectivity index (χ4v) is 1.71. The molecule has 2 unspecified atom stereocenters. The van der Waals surface area contributed by atoms with Crippen molar-refractivity contribution < 1.29 is 10.2 Å². The highest BCUT2D eigenvalue weighted by Gasteiger charge is 2.18. The SMILES string of the molecule is OC(CCCl)C(O)c1cnc(-n2ccnc2)nc1. The van der Waals surface area contributed by atoms with Gasteiger partial charge in [-0.3, -0.25) is 4.57 Å². The van der Waals surface area contributed by atoms with Crippen LogP contribution in [0, 0.1) is 0 Å². The van der Waals surface area contributed by atoms with E-state index in [-0.39, 0.29) is 5.88 Å². The first-order valence-corrected chi connectivity index (χ1v) is 5.98. The summed E-state index contributed by atoms with van der Waals surface area (Å²) in [6, 6.07) is 0. The lowest BCUT2D eigenvalue weighted by Crippen LogP contribution is -2.19. The molecule has 2 atom stereocenters. The molecule has 2 N–H and O–H groups in total. The average molecular weight is 269 g/mol. The van der Waals surface area contributed by atoms with Gasteiger partial charge in [0.25, 0.3) is 0 Å². The van der Waals surface area contributed by atoms with E-state index in [9.17, 15) is 10.2 Å². The van der Waals surface area contributed by atoms with Crippen molar-refractivity contribution in [3.8, 4) is 5.95 Å². The topological polar surface area (TPSA) is 84.1 Å². The molecule has 18 heavy (non-hydrogen) atoms. The molecule has 0 saturated carbocycles. The standard InChI is InChI=1S/C11H13ClN4O2/c12-2-1-9(17)10(18)8-5-14-11(15-6-8)16-4-3-13-7-16/h3-7,9-10,17-18H,1-2H2. The van der Waals surface area contributed by atoms with Crippen LogP contribution in [0.2, 0.25) is 0 Å². The minimum Gasteiger partial charge on any atom is -0.390 e. The number of aromatic nitrogens is 4. The van der Waals surface area contributed by atoms with E-state index < -0.39 is 12.2 Å². The molecule has 2 heterocycles. The van der Waals surface area contributed by atoms with Gasteiger partial charge in [-0.25, -0.2) is 15.0 Å². The zero-order chi connectivity index (χ0) is 13.0. The van der Waals surface area contributed by atoms with Gasteiger partial charge in [0.05, 0.1) is 6.10 Å². The second-order valence-electron chi connectivity index (χ2n) is 3.78. The monoisotopic (exact) mass is 268 g/mol. The third kappa shape index (κ3) is 2.84. The third-order valence-electron chi connectivity index (χ3n) is 2.50. The lowest BCUT2D eigenvalue weighted by Gasteiger charge is -2.16. The number of hydrogen-bond acceptors (Lipinski definition) is 5. The Morgan fingerprint density at radius 2 is 2.00 bits per heavy atom. The number of imidazole rings is 1. The molecule has 0 aliphatic heterocycles. The second kappa shape index (κ2) is 5.90. The smallest absolute Gasteiger partial charge is 0.234 e. The highest BCUT2D eigenvalue weighted by atomic mass is 35.5. The molecule has 0 radical (unpaired) electrons. The maximum atomic E-state index is 9.83. The van der Waals surface area contributed by atoms with Crippen LogP contribution in [-0.4, -0.2) is 41.7 Å². The predicted molar refractivity (Wildman–Crippen MR) is 65.5 cm³/mol. The summed E-state index contributed by atoms with van der Waals surface area (Å²) in [6.45, 7) is 0. The van der Waals surface area contributed by atoms with Crippen LogP contribution >= 0.6 is 11.6 Å². The summed E-state index contributed by atoms with van der Waals surface area (Å²) in [5, 5.41) is 19.5. The lowest BCUT2D eigenvalue weighted by molar-refractivity contribution is 0.0166. The number of nitrogens with zero attached hydrogens (tertiary/aromatic N) is 4. The van der Waals surface area contributed by atoms with Crippen LogP contribution in [0.1, 0.15) is 18.1 Å². The van der Waals surface area contributed by atoms with Crippen molar-refractivity contribution in [3.63, 3.8) is 0 Å². The van der Waals surface area contributed by atoms with E-state index in [0.717, 1.165) is 0 Å². The van der Waals surface area contributed by atoms with Crippen molar-refractivity contribution in [1.82, 2.24) is 19.5 Å². The largest absolute Gasteiger partial charge is 0.390 e. The zero-order valence-electron chi connectivity index (χ0n) is 9.52. The molecule has 0 aliphatic rings. The summed E-state index contributed by atoms with van der Waals surface area (Å²) < 4.78 is 1.64. The highest BCUT2D eigenvalue weighted by Crippen LogP contribution is 2.18. The van der Waals surface area contributed by atoms with Crippen molar-refractivity contribution >= 4 is 11.6 Å². The highest BCUT2D eigenvalue weighted by molar-refractivity contribution is 6.17. The molecular formula is C11H13ClN4O2. The minimum atomic E-state index is -1.03. The predicted octanol–water partition coefficient (Wildman–Crippen LogP) is 0.685. The number of aliphatic hydroxyl groups excluding tert-OH is 2. The van der Waals surface area contributed by atoms with Crippen molar-refractivity contribution in [2.24, 2.45) is 0 Å². The number of alkyl halides is 1. The normalized spacial score (nSPS) is 14.4. The molecule has 6 nitrogen and oxygen atoms in total. The van der Waals surface area contributed by atoms with Crippen LogP contribution in [-0.2, 0) is 0 Å². The Hall–Kier alpha value is -1.50. The van der Waals surface area contributed by atoms with E-state index in [1.165, 1.54) is 12.4 Å². The van der Waals surface area contributed by atoms with E-state index in [1.807, 2.05) is 0 Å². The van der Waals surface area contributed by atoms with Gasteiger partial charge in [0.1, 0.15) is 12.4 Å². The molecule has 0 fully saturated rings. The Kier molecular flexibility index (Phi) is 4.24. The quantitative estimate of drug-likeness (QED) is 0.780. The van der Waals surface area contributed by atoms with E-state index in [4.69, 9.17) is 11.6 Å². The maximum Gasteiger partial charge on any atom is 0.234 e. The van der Waals surface area contributed by atoms with Crippen LogP contribution < -0.4 is 0 Å². The summed E-state index contributed by atoms with van der Waals surface area (Å²) >= 11 is 5.51. The summed E-state index contributed by atoms with van der Waals surface area (Å²) in [7, 11) is 0. The maximum absolute atomic E-state index is 9.83. The van der Waals surface area contributed by atoms with Gasteiger partial charge in [-0.1, -0.05) is 0 Å². The summed E-state index contributed by atoms with van der Waals surface area (Å²) in [5.74, 6) is 0.738. The van der Waals surface area contributed by atoms with Gasteiger partial charge in [-0.2, -0.15) is 0 Å². The Morgan fingerprint density at radius 1 is 1.28 bits per heavy atom. The first-order chi connectivity index (χ1) is 8.72. The van der Waals surface area contributed by atoms with Crippen molar-refractivity contribution in [3.05, 3.63) is 36.7 Å². The molecule has 96 valence electrons. The molecule has 0 spiro atoms. The van der Waals surface area contributed by atoms with E-state index >= 15 is 0 Å². The average Bonchev–Trinajstić information content (AvgIpc) is 2.92. The third-order valence-corrected chi connectivity index (χ3v) is 2.72. The Labute approximate surface area is 109 Å². The number of halogens is 1. The Morgan fingerprint density at radius 3 is 2.56 bits per heavy atom. The molecule has 0 aromatic carbocycles. The van der Waals surface area contributed by atoms with Gasteiger partial charge in [-0.15, -0.1) is 11.6 Å². The number of hydrogen-bond donors (Lipinski definition) is 2. The molecule has 7 heteroatoms. The van der Waals surface area contributed by atoms with Crippen LogP contribution in [0.4, 0.5) is 0 Å². The van der Waals surface area contributed by atoms with Crippen molar-refractivity contribution in [2.45, 2.75) is 18.6 Å². The van der Waals surface area contributed by atoms with Gasteiger partial charge in [0.2, 0.25) is 5.95 Å². The molecule has 0 aliphatic carbocycles. The lowest BCUT2D eigenvalue weighted by atomic mass is 10.1. The fraction of sp³-hybridized carbons (Fsp3) is 0.364. The second-order valence-corrected chi connectivity index (χ2v) is 4.15. The van der Waals surface area contributed by atoms with Gasteiger partial charge < -0.3 is 10.2 Å². The van der Waals surface area contributed by atoms with Gasteiger partial charge in [-0.05, 0) is 6.42 Å². The van der Waals surface area contributed by atoms with Gasteiger partial charge in [0.15, 0.2) is 0 Å². The molecule has 0 saturated heterocycles. The first kappa shape index (κ1) is 12.9. The van der Waals surface area contributed by atoms with E-state index in [2.05, 4.69) is 15.0 Å². The van der Waals surface area contributed by atoms with Crippen molar-refractivity contribution in [2.75, 3.05) is 5.88 Å². The van der Waals surface area contributed by atoms with E-state index in [0.29, 0.717) is 17.9 Å². The van der Waals surface area contributed by atoms with Gasteiger partial charge in [0, 0.05) is 36.2 Å². The summed E-state index contributed by atoms with van der Waals surface area (Å²) in [6.07, 6.45) is 6.24. The molecule has 0 amide bonds. The Balaban J connectivity index is 2.12. The zero-order valence-corrected chi connectivity index (χ0v) is 10.3. The first-order valence-electron chi connectivity index (χ1n) is 5.44. The minimum absolute atomic E-state index is 0.284. The summed E-state index contributed by atoms with van der Waals surface area (Å²) in [5.41, 5.74) is 0.455. The van der Waals surface area contributed by atoms with Crippen LogP contribution in [0.25, 0.3) is 5.95 Å². The van der Waals surface area contributed by atoms with Crippen LogP contribution in [0.15, 0.2) is 31.1 Å². The van der Waals surface area contributed by atoms with Crippen LogP contribution in [0.3, 0.4) is 0 Å².